The fourth-order valence-electron chi connectivity index (χ4n) is 2.05. The van der Waals surface area contributed by atoms with Gasteiger partial charge in [0.05, 0.1) is 17.7 Å². The second kappa shape index (κ2) is 6.25. The van der Waals surface area contributed by atoms with Crippen molar-refractivity contribution in [3.05, 3.63) is 22.7 Å². The number of hydrogen-bond acceptors (Lipinski definition) is 4. The van der Waals surface area contributed by atoms with E-state index in [1.165, 1.54) is 0 Å². The van der Waals surface area contributed by atoms with Gasteiger partial charge >= 0.3 is 5.97 Å². The van der Waals surface area contributed by atoms with Gasteiger partial charge in [0, 0.05) is 12.2 Å². The molecule has 1 heterocycles. The summed E-state index contributed by atoms with van der Waals surface area (Å²) in [5.74, 6) is -0.108. The van der Waals surface area contributed by atoms with Crippen LogP contribution in [0.4, 0.5) is 5.69 Å². The van der Waals surface area contributed by atoms with Crippen molar-refractivity contribution in [3.8, 4) is 5.75 Å². The largest absolute Gasteiger partial charge is 0.496 e. The summed E-state index contributed by atoms with van der Waals surface area (Å²) in [6.07, 6.45) is 0.631. The number of nitrogens with one attached hydrogen (secondary N) is 1. The van der Waals surface area contributed by atoms with Crippen LogP contribution in [0.2, 0.25) is 0 Å². The Balaban J connectivity index is 1.86. The van der Waals surface area contributed by atoms with E-state index in [4.69, 9.17) is 14.6 Å². The van der Waals surface area contributed by atoms with Gasteiger partial charge in [-0.2, -0.15) is 0 Å². The van der Waals surface area contributed by atoms with E-state index in [1.54, 1.807) is 7.11 Å². The van der Waals surface area contributed by atoms with Crippen LogP contribution >= 0.6 is 15.9 Å². The number of carboxylic acids is 1. The SMILES string of the molecule is COc1ccc(NCC2CCC(C(=O)O)O2)cc1Br. The molecule has 1 saturated heterocycles. The number of hydrogen-bond donors (Lipinski definition) is 2. The third-order valence-corrected chi connectivity index (χ3v) is 3.69. The van der Waals surface area contributed by atoms with Crippen LogP contribution in [0.25, 0.3) is 0 Å². The minimum atomic E-state index is -0.880. The van der Waals surface area contributed by atoms with E-state index in [0.29, 0.717) is 13.0 Å². The number of halogens is 1. The van der Waals surface area contributed by atoms with E-state index in [9.17, 15) is 4.79 Å². The summed E-state index contributed by atoms with van der Waals surface area (Å²) in [7, 11) is 1.62. The van der Waals surface area contributed by atoms with Gasteiger partial charge in [0.2, 0.25) is 0 Å². The summed E-state index contributed by atoms with van der Waals surface area (Å²) >= 11 is 3.42. The van der Waals surface area contributed by atoms with Crippen molar-refractivity contribution in [3.63, 3.8) is 0 Å². The molecule has 2 atom stereocenters. The Hall–Kier alpha value is -1.27. The molecule has 6 heteroatoms. The number of aliphatic carboxylic acids is 1. The maximum atomic E-state index is 10.8. The zero-order valence-corrected chi connectivity index (χ0v) is 12.1. The number of carbonyl (C=O) groups is 1. The summed E-state index contributed by atoms with van der Waals surface area (Å²) in [5, 5.41) is 12.1. The van der Waals surface area contributed by atoms with Gasteiger partial charge in [-0.05, 0) is 47.0 Å². The molecule has 5 nitrogen and oxygen atoms in total. The minimum Gasteiger partial charge on any atom is -0.496 e. The average molecular weight is 330 g/mol. The molecular weight excluding hydrogens is 314 g/mol. The van der Waals surface area contributed by atoms with E-state index in [0.717, 1.165) is 22.3 Å². The van der Waals surface area contributed by atoms with Gasteiger partial charge in [0.25, 0.3) is 0 Å². The monoisotopic (exact) mass is 329 g/mol. The summed E-state index contributed by atoms with van der Waals surface area (Å²) in [4.78, 5) is 10.8. The minimum absolute atomic E-state index is 0.0537. The van der Waals surface area contributed by atoms with Gasteiger partial charge in [-0.25, -0.2) is 4.79 Å². The van der Waals surface area contributed by atoms with Gasteiger partial charge in [-0.1, -0.05) is 0 Å². The van der Waals surface area contributed by atoms with Gasteiger partial charge < -0.3 is 19.9 Å². The summed E-state index contributed by atoms with van der Waals surface area (Å²) in [6, 6.07) is 5.69. The molecule has 1 aliphatic heterocycles. The second-order valence-electron chi connectivity index (χ2n) is 4.39. The number of methoxy groups -OCH3 is 1. The topological polar surface area (TPSA) is 67.8 Å². The third-order valence-electron chi connectivity index (χ3n) is 3.07. The molecule has 0 amide bonds. The fourth-order valence-corrected chi connectivity index (χ4v) is 2.59. The lowest BCUT2D eigenvalue weighted by Crippen LogP contribution is -2.24. The predicted molar refractivity (Wildman–Crippen MR) is 74.7 cm³/mol. The van der Waals surface area contributed by atoms with E-state index < -0.39 is 12.1 Å². The molecule has 1 aromatic rings. The van der Waals surface area contributed by atoms with E-state index in [-0.39, 0.29) is 6.10 Å². The predicted octanol–water partition coefficient (Wildman–Crippen LogP) is 2.50. The van der Waals surface area contributed by atoms with Crippen molar-refractivity contribution in [2.24, 2.45) is 0 Å². The van der Waals surface area contributed by atoms with Crippen LogP contribution in [0.15, 0.2) is 22.7 Å². The Morgan fingerprint density at radius 2 is 2.37 bits per heavy atom. The number of anilines is 1. The molecule has 19 heavy (non-hydrogen) atoms. The molecular formula is C13H16BrNO4. The van der Waals surface area contributed by atoms with Crippen molar-refractivity contribution in [2.75, 3.05) is 19.0 Å². The summed E-state index contributed by atoms with van der Waals surface area (Å²) in [5.41, 5.74) is 0.940. The highest BCUT2D eigenvalue weighted by Crippen LogP contribution is 2.28. The molecule has 104 valence electrons. The maximum Gasteiger partial charge on any atom is 0.332 e. The molecule has 2 N–H and O–H groups in total. The molecule has 1 aliphatic rings. The molecule has 0 saturated carbocycles. The van der Waals surface area contributed by atoms with Crippen LogP contribution in [0.1, 0.15) is 12.8 Å². The molecule has 0 radical (unpaired) electrons. The Morgan fingerprint density at radius 1 is 1.58 bits per heavy atom. The highest BCUT2D eigenvalue weighted by molar-refractivity contribution is 9.10. The first kappa shape index (κ1) is 14.1. The Labute approximate surface area is 120 Å². The highest BCUT2D eigenvalue weighted by Gasteiger charge is 2.30. The van der Waals surface area contributed by atoms with Crippen LogP contribution in [-0.4, -0.2) is 36.9 Å². The number of carboxylic acid groups (broad SMARTS) is 1. The van der Waals surface area contributed by atoms with Crippen LogP contribution in [0.5, 0.6) is 5.75 Å². The lowest BCUT2D eigenvalue weighted by Gasteiger charge is -2.14. The molecule has 0 bridgehead atoms. The van der Waals surface area contributed by atoms with Crippen LogP contribution in [-0.2, 0) is 9.53 Å². The molecule has 0 spiro atoms. The fraction of sp³-hybridized carbons (Fsp3) is 0.462. The molecule has 0 aromatic heterocycles. The first-order chi connectivity index (χ1) is 9.10. The zero-order chi connectivity index (χ0) is 13.8. The first-order valence-electron chi connectivity index (χ1n) is 6.06. The van der Waals surface area contributed by atoms with Gasteiger partial charge in [-0.15, -0.1) is 0 Å². The number of benzene rings is 1. The Kier molecular flexibility index (Phi) is 4.66. The zero-order valence-electron chi connectivity index (χ0n) is 10.6. The van der Waals surface area contributed by atoms with Crippen LogP contribution in [0, 0.1) is 0 Å². The molecule has 0 aliphatic carbocycles. The number of ether oxygens (including phenoxy) is 2. The van der Waals surface area contributed by atoms with Crippen molar-refractivity contribution in [2.45, 2.75) is 25.0 Å². The molecule has 2 unspecified atom stereocenters. The maximum absolute atomic E-state index is 10.8. The average Bonchev–Trinajstić information content (AvgIpc) is 2.85. The lowest BCUT2D eigenvalue weighted by atomic mass is 10.2. The van der Waals surface area contributed by atoms with E-state index in [2.05, 4.69) is 21.2 Å². The smallest absolute Gasteiger partial charge is 0.332 e. The van der Waals surface area contributed by atoms with Gasteiger partial charge in [0.1, 0.15) is 5.75 Å². The second-order valence-corrected chi connectivity index (χ2v) is 5.25. The molecule has 1 aromatic carbocycles. The van der Waals surface area contributed by atoms with Crippen LogP contribution < -0.4 is 10.1 Å². The van der Waals surface area contributed by atoms with Crippen molar-refractivity contribution < 1.29 is 19.4 Å². The first-order valence-corrected chi connectivity index (χ1v) is 6.85. The molecule has 1 fully saturated rings. The normalized spacial score (nSPS) is 22.2. The van der Waals surface area contributed by atoms with Crippen molar-refractivity contribution >= 4 is 27.6 Å². The van der Waals surface area contributed by atoms with Crippen LogP contribution in [0.3, 0.4) is 0 Å². The van der Waals surface area contributed by atoms with Gasteiger partial charge in [0.15, 0.2) is 6.10 Å². The summed E-state index contributed by atoms with van der Waals surface area (Å²) < 4.78 is 11.4. The lowest BCUT2D eigenvalue weighted by molar-refractivity contribution is -0.149. The quantitative estimate of drug-likeness (QED) is 0.868. The molecule has 2 rings (SSSR count). The Morgan fingerprint density at radius 3 is 2.95 bits per heavy atom. The third kappa shape index (κ3) is 3.61. The van der Waals surface area contributed by atoms with Gasteiger partial charge in [-0.3, -0.25) is 0 Å². The standard InChI is InChI=1S/C13H16BrNO4/c1-18-11-4-2-8(6-10(11)14)15-7-9-3-5-12(19-9)13(16)17/h2,4,6,9,12,15H,3,5,7H2,1H3,(H,16,17). The Bertz CT molecular complexity index is 466. The number of rotatable bonds is 5. The van der Waals surface area contributed by atoms with E-state index >= 15 is 0 Å². The highest BCUT2D eigenvalue weighted by atomic mass is 79.9. The van der Waals surface area contributed by atoms with Crippen molar-refractivity contribution in [1.29, 1.82) is 0 Å². The van der Waals surface area contributed by atoms with Crippen molar-refractivity contribution in [1.82, 2.24) is 0 Å². The summed E-state index contributed by atoms with van der Waals surface area (Å²) in [6.45, 7) is 0.600. The van der Waals surface area contributed by atoms with E-state index in [1.807, 2.05) is 18.2 Å².